The molecular weight excluding hydrogens is 313 g/mol. The Balaban J connectivity index is 2.59. The van der Waals surface area contributed by atoms with Crippen molar-refractivity contribution in [2.75, 3.05) is 11.0 Å². The maximum absolute atomic E-state index is 11.9. The third-order valence-electron chi connectivity index (χ3n) is 2.55. The van der Waals surface area contributed by atoms with E-state index < -0.39 is 0 Å². The predicted octanol–water partition coefficient (Wildman–Crippen LogP) is 3.25. The standard InChI is InChI=1S/C13H18INO/c1-10-6-5-7-11(2)12(10)13(16)15-9-4-3-8-14/h5-7H,3-4,8-9H2,1-2H3,(H,15,16). The Bertz CT molecular complexity index is 343. The van der Waals surface area contributed by atoms with E-state index in [1.165, 1.54) is 0 Å². The number of unbranched alkanes of at least 4 members (excludes halogenated alkanes) is 1. The minimum atomic E-state index is 0.0593. The number of hydrogen-bond acceptors (Lipinski definition) is 1. The summed E-state index contributed by atoms with van der Waals surface area (Å²) in [4.78, 5) is 11.9. The van der Waals surface area contributed by atoms with Gasteiger partial charge in [0.05, 0.1) is 0 Å². The van der Waals surface area contributed by atoms with Crippen LogP contribution >= 0.6 is 22.6 Å². The van der Waals surface area contributed by atoms with E-state index in [0.29, 0.717) is 0 Å². The van der Waals surface area contributed by atoms with Crippen LogP contribution in [0.5, 0.6) is 0 Å². The highest BCUT2D eigenvalue weighted by molar-refractivity contribution is 14.1. The molecule has 0 aliphatic heterocycles. The summed E-state index contributed by atoms with van der Waals surface area (Å²) in [5.41, 5.74) is 2.93. The third-order valence-corrected chi connectivity index (χ3v) is 3.32. The second-order valence-electron chi connectivity index (χ2n) is 3.92. The van der Waals surface area contributed by atoms with Crippen LogP contribution in [-0.2, 0) is 0 Å². The van der Waals surface area contributed by atoms with Crippen LogP contribution in [0.4, 0.5) is 0 Å². The maximum Gasteiger partial charge on any atom is 0.251 e. The van der Waals surface area contributed by atoms with Gasteiger partial charge < -0.3 is 5.32 Å². The summed E-state index contributed by atoms with van der Waals surface area (Å²) in [6.45, 7) is 4.73. The largest absolute Gasteiger partial charge is 0.352 e. The Hall–Kier alpha value is -0.580. The second kappa shape index (κ2) is 6.89. The van der Waals surface area contributed by atoms with Crippen molar-refractivity contribution in [3.63, 3.8) is 0 Å². The molecule has 0 unspecified atom stereocenters. The van der Waals surface area contributed by atoms with Gasteiger partial charge in [-0.15, -0.1) is 0 Å². The number of alkyl halides is 1. The molecule has 0 aliphatic carbocycles. The van der Waals surface area contributed by atoms with Gasteiger partial charge in [-0.1, -0.05) is 40.8 Å². The Morgan fingerprint density at radius 1 is 1.25 bits per heavy atom. The van der Waals surface area contributed by atoms with E-state index in [0.717, 1.165) is 40.5 Å². The van der Waals surface area contributed by atoms with Gasteiger partial charge in [0.25, 0.3) is 5.91 Å². The molecule has 0 bridgehead atoms. The maximum atomic E-state index is 11.9. The zero-order valence-corrected chi connectivity index (χ0v) is 12.0. The summed E-state index contributed by atoms with van der Waals surface area (Å²) < 4.78 is 1.15. The van der Waals surface area contributed by atoms with E-state index in [2.05, 4.69) is 27.9 Å². The van der Waals surface area contributed by atoms with E-state index in [4.69, 9.17) is 0 Å². The molecule has 0 fully saturated rings. The van der Waals surface area contributed by atoms with Crippen LogP contribution in [-0.4, -0.2) is 16.9 Å². The Kier molecular flexibility index (Phi) is 5.80. The van der Waals surface area contributed by atoms with Gasteiger partial charge in [-0.05, 0) is 42.2 Å². The number of hydrogen-bond donors (Lipinski definition) is 1. The summed E-state index contributed by atoms with van der Waals surface area (Å²) in [5.74, 6) is 0.0593. The molecule has 1 N–H and O–H groups in total. The predicted molar refractivity (Wildman–Crippen MR) is 76.4 cm³/mol. The van der Waals surface area contributed by atoms with Crippen LogP contribution in [0.25, 0.3) is 0 Å². The highest BCUT2D eigenvalue weighted by Crippen LogP contribution is 2.12. The first-order chi connectivity index (χ1) is 7.66. The molecule has 16 heavy (non-hydrogen) atoms. The van der Waals surface area contributed by atoms with Gasteiger partial charge in [-0.2, -0.15) is 0 Å². The minimum Gasteiger partial charge on any atom is -0.352 e. The van der Waals surface area contributed by atoms with Crippen molar-refractivity contribution in [2.24, 2.45) is 0 Å². The van der Waals surface area contributed by atoms with Crippen molar-refractivity contribution in [3.05, 3.63) is 34.9 Å². The van der Waals surface area contributed by atoms with Gasteiger partial charge in [-0.3, -0.25) is 4.79 Å². The zero-order chi connectivity index (χ0) is 12.0. The summed E-state index contributed by atoms with van der Waals surface area (Å²) in [7, 11) is 0. The third kappa shape index (κ3) is 3.77. The monoisotopic (exact) mass is 331 g/mol. The van der Waals surface area contributed by atoms with Crippen LogP contribution < -0.4 is 5.32 Å². The zero-order valence-electron chi connectivity index (χ0n) is 9.85. The molecule has 0 spiro atoms. The minimum absolute atomic E-state index is 0.0593. The lowest BCUT2D eigenvalue weighted by Gasteiger charge is -2.09. The van der Waals surface area contributed by atoms with E-state index in [1.54, 1.807) is 0 Å². The molecule has 0 atom stereocenters. The molecule has 1 rings (SSSR count). The van der Waals surface area contributed by atoms with Gasteiger partial charge in [-0.25, -0.2) is 0 Å². The van der Waals surface area contributed by atoms with Gasteiger partial charge in [0.15, 0.2) is 0 Å². The van der Waals surface area contributed by atoms with E-state index in [1.807, 2.05) is 32.0 Å². The van der Waals surface area contributed by atoms with E-state index in [-0.39, 0.29) is 5.91 Å². The SMILES string of the molecule is Cc1cccc(C)c1C(=O)NCCCCI. The highest BCUT2D eigenvalue weighted by atomic mass is 127. The Labute approximate surface area is 111 Å². The first-order valence-electron chi connectivity index (χ1n) is 5.57. The van der Waals surface area contributed by atoms with Gasteiger partial charge in [0.1, 0.15) is 0 Å². The smallest absolute Gasteiger partial charge is 0.251 e. The van der Waals surface area contributed by atoms with Crippen molar-refractivity contribution < 1.29 is 4.79 Å². The van der Waals surface area contributed by atoms with Crippen molar-refractivity contribution in [3.8, 4) is 0 Å². The number of halogens is 1. The topological polar surface area (TPSA) is 29.1 Å². The molecular formula is C13H18INO. The molecule has 0 aliphatic rings. The van der Waals surface area contributed by atoms with E-state index >= 15 is 0 Å². The van der Waals surface area contributed by atoms with Crippen LogP contribution in [0.1, 0.15) is 34.3 Å². The summed E-state index contributed by atoms with van der Waals surface area (Å²) in [6, 6.07) is 5.94. The molecule has 1 aromatic rings. The first-order valence-corrected chi connectivity index (χ1v) is 7.09. The molecule has 1 aromatic carbocycles. The molecule has 0 radical (unpaired) electrons. The summed E-state index contributed by atoms with van der Waals surface area (Å²) in [6.07, 6.45) is 2.22. The van der Waals surface area contributed by atoms with Crippen LogP contribution in [0, 0.1) is 13.8 Å². The molecule has 0 aromatic heterocycles. The number of benzene rings is 1. The number of carbonyl (C=O) groups is 1. The van der Waals surface area contributed by atoms with Crippen LogP contribution in [0.2, 0.25) is 0 Å². The fourth-order valence-electron chi connectivity index (χ4n) is 1.68. The average molecular weight is 331 g/mol. The molecule has 0 saturated carbocycles. The van der Waals surface area contributed by atoms with E-state index in [9.17, 15) is 4.79 Å². The molecule has 3 heteroatoms. The van der Waals surface area contributed by atoms with Gasteiger partial charge in [0, 0.05) is 12.1 Å². The van der Waals surface area contributed by atoms with Crippen molar-refractivity contribution >= 4 is 28.5 Å². The average Bonchev–Trinajstić information content (AvgIpc) is 2.24. The fourth-order valence-corrected chi connectivity index (χ4v) is 2.22. The number of aryl methyl sites for hydroxylation is 2. The summed E-state index contributed by atoms with van der Waals surface area (Å²) >= 11 is 2.35. The van der Waals surface area contributed by atoms with Crippen LogP contribution in [0.15, 0.2) is 18.2 Å². The summed E-state index contributed by atoms with van der Waals surface area (Å²) in [5, 5.41) is 2.97. The Morgan fingerprint density at radius 3 is 2.44 bits per heavy atom. The fraction of sp³-hybridized carbons (Fsp3) is 0.462. The number of nitrogens with one attached hydrogen (secondary N) is 1. The molecule has 88 valence electrons. The molecule has 0 saturated heterocycles. The number of amides is 1. The normalized spacial score (nSPS) is 10.2. The van der Waals surface area contributed by atoms with Crippen LogP contribution in [0.3, 0.4) is 0 Å². The lowest BCUT2D eigenvalue weighted by Crippen LogP contribution is -2.26. The van der Waals surface area contributed by atoms with Crippen molar-refractivity contribution in [1.29, 1.82) is 0 Å². The highest BCUT2D eigenvalue weighted by Gasteiger charge is 2.10. The molecule has 0 heterocycles. The first kappa shape index (κ1) is 13.5. The second-order valence-corrected chi connectivity index (χ2v) is 5.00. The van der Waals surface area contributed by atoms with Crippen molar-refractivity contribution in [1.82, 2.24) is 5.32 Å². The Morgan fingerprint density at radius 2 is 1.88 bits per heavy atom. The number of carbonyl (C=O) groups excluding carboxylic acids is 1. The van der Waals surface area contributed by atoms with Gasteiger partial charge >= 0.3 is 0 Å². The quantitative estimate of drug-likeness (QED) is 0.501. The van der Waals surface area contributed by atoms with Crippen molar-refractivity contribution in [2.45, 2.75) is 26.7 Å². The lowest BCUT2D eigenvalue weighted by atomic mass is 10.0. The molecule has 2 nitrogen and oxygen atoms in total. The number of rotatable bonds is 5. The lowest BCUT2D eigenvalue weighted by molar-refractivity contribution is 0.0952. The van der Waals surface area contributed by atoms with Gasteiger partial charge in [0.2, 0.25) is 0 Å². The molecule has 1 amide bonds.